The molecular formula is C67H42N2S. The third kappa shape index (κ3) is 5.44. The van der Waals surface area contributed by atoms with Crippen LogP contribution in [0.2, 0.25) is 0 Å². The van der Waals surface area contributed by atoms with Gasteiger partial charge in [-0.3, -0.25) is 0 Å². The quantitative estimate of drug-likeness (QED) is 0.161. The maximum Gasteiger partial charge on any atom is 0.0755 e. The van der Waals surface area contributed by atoms with E-state index in [1.807, 2.05) is 11.3 Å². The molecule has 0 amide bonds. The molecule has 326 valence electrons. The molecular weight excluding hydrogens is 865 g/mol. The van der Waals surface area contributed by atoms with Gasteiger partial charge in [0, 0.05) is 47.8 Å². The molecule has 13 aromatic rings. The highest BCUT2D eigenvalue weighted by molar-refractivity contribution is 7.26. The van der Waals surface area contributed by atoms with E-state index in [1.165, 1.54) is 109 Å². The largest absolute Gasteiger partial charge is 0.309 e. The van der Waals surface area contributed by atoms with E-state index in [0.717, 1.165) is 22.6 Å². The van der Waals surface area contributed by atoms with Gasteiger partial charge in [-0.05, 0) is 104 Å². The average Bonchev–Trinajstić information content (AvgIpc) is 4.09. The standard InChI is InChI=1S/C67H42N2S/c1-2-18-43(19-3-1)45-20-14-21-46(42-45)48-22-5-10-33-59(48)68(47-40-38-44(39-41-47)49-26-15-28-53-51-24-7-13-37-63(51)70-66(49)53)62-36-17-31-57-64(62)54-25-4-8-29-55(54)67(57)56-30-9-12-35-61(56)69-60-34-11-6-23-50(60)52-27-16-32-58(67)65(52)69/h1-42H. The van der Waals surface area contributed by atoms with E-state index < -0.39 is 5.41 Å². The minimum Gasteiger partial charge on any atom is -0.309 e. The van der Waals surface area contributed by atoms with E-state index in [1.54, 1.807) is 0 Å². The monoisotopic (exact) mass is 906 g/mol. The minimum atomic E-state index is -0.579. The molecule has 0 N–H and O–H groups in total. The van der Waals surface area contributed by atoms with Crippen LogP contribution in [0.1, 0.15) is 22.3 Å². The summed E-state index contributed by atoms with van der Waals surface area (Å²) in [5.41, 5.74) is 21.4. The van der Waals surface area contributed by atoms with Crippen LogP contribution in [0, 0.1) is 0 Å². The Morgan fingerprint density at radius 2 is 0.957 bits per heavy atom. The first-order valence-corrected chi connectivity index (χ1v) is 25.0. The lowest BCUT2D eigenvalue weighted by Gasteiger charge is -2.39. The summed E-state index contributed by atoms with van der Waals surface area (Å²) in [6, 6.07) is 94.9. The number of nitrogens with zero attached hydrogens (tertiary/aromatic N) is 2. The van der Waals surface area contributed by atoms with Crippen LogP contribution in [-0.2, 0) is 5.41 Å². The maximum absolute atomic E-state index is 2.54. The number of hydrogen-bond donors (Lipinski definition) is 0. The van der Waals surface area contributed by atoms with Gasteiger partial charge in [0.1, 0.15) is 0 Å². The van der Waals surface area contributed by atoms with Crippen LogP contribution in [0.25, 0.3) is 92.2 Å². The summed E-state index contributed by atoms with van der Waals surface area (Å²) in [5, 5.41) is 5.18. The lowest BCUT2D eigenvalue weighted by molar-refractivity contribution is 0.748. The smallest absolute Gasteiger partial charge is 0.0755 e. The third-order valence-electron chi connectivity index (χ3n) is 15.2. The van der Waals surface area contributed by atoms with E-state index >= 15 is 0 Å². The van der Waals surface area contributed by atoms with Crippen LogP contribution in [0.4, 0.5) is 17.1 Å². The van der Waals surface area contributed by atoms with Crippen molar-refractivity contribution >= 4 is 70.4 Å². The molecule has 1 aliphatic carbocycles. The van der Waals surface area contributed by atoms with Crippen LogP contribution in [0.3, 0.4) is 0 Å². The second kappa shape index (κ2) is 15.1. The number of hydrogen-bond acceptors (Lipinski definition) is 2. The van der Waals surface area contributed by atoms with Crippen molar-refractivity contribution in [1.82, 2.24) is 4.57 Å². The van der Waals surface area contributed by atoms with Gasteiger partial charge in [0.25, 0.3) is 0 Å². The van der Waals surface area contributed by atoms with Gasteiger partial charge in [-0.1, -0.05) is 206 Å². The number of anilines is 3. The first kappa shape index (κ1) is 39.3. The predicted molar refractivity (Wildman–Crippen MR) is 296 cm³/mol. The molecule has 0 bridgehead atoms. The van der Waals surface area contributed by atoms with Crippen LogP contribution >= 0.6 is 11.3 Å². The normalized spacial score (nSPS) is 14.3. The molecule has 3 heteroatoms. The van der Waals surface area contributed by atoms with Crippen LogP contribution in [0.5, 0.6) is 0 Å². The minimum absolute atomic E-state index is 0.579. The summed E-state index contributed by atoms with van der Waals surface area (Å²) in [5.74, 6) is 0. The number of aromatic nitrogens is 1. The Bertz CT molecular complexity index is 4250. The lowest BCUT2D eigenvalue weighted by atomic mass is 9.65. The molecule has 15 rings (SSSR count). The number of para-hydroxylation sites is 4. The zero-order valence-corrected chi connectivity index (χ0v) is 38.9. The van der Waals surface area contributed by atoms with Gasteiger partial charge in [0.05, 0.1) is 33.5 Å². The first-order valence-electron chi connectivity index (χ1n) is 24.2. The number of benzene rings is 11. The van der Waals surface area contributed by atoms with Crippen LogP contribution in [-0.4, -0.2) is 4.57 Å². The Labute approximate surface area is 410 Å². The van der Waals surface area contributed by atoms with Crippen LogP contribution < -0.4 is 4.90 Å². The zero-order valence-electron chi connectivity index (χ0n) is 38.1. The Balaban J connectivity index is 0.997. The number of rotatable bonds is 6. The molecule has 0 saturated heterocycles. The summed E-state index contributed by atoms with van der Waals surface area (Å²) < 4.78 is 5.16. The molecule has 2 nitrogen and oxygen atoms in total. The molecule has 1 spiro atoms. The van der Waals surface area contributed by atoms with Gasteiger partial charge in [-0.25, -0.2) is 0 Å². The lowest BCUT2D eigenvalue weighted by Crippen LogP contribution is -2.33. The van der Waals surface area contributed by atoms with Crippen molar-refractivity contribution in [1.29, 1.82) is 0 Å². The van der Waals surface area contributed by atoms with Gasteiger partial charge < -0.3 is 9.47 Å². The van der Waals surface area contributed by atoms with Gasteiger partial charge in [0.15, 0.2) is 0 Å². The van der Waals surface area contributed by atoms with Crippen LogP contribution in [0.15, 0.2) is 255 Å². The Morgan fingerprint density at radius 1 is 0.357 bits per heavy atom. The fraction of sp³-hybridized carbons (Fsp3) is 0.0149. The molecule has 0 radical (unpaired) electrons. The van der Waals surface area contributed by atoms with E-state index in [9.17, 15) is 0 Å². The Kier molecular flexibility index (Phi) is 8.48. The zero-order chi connectivity index (χ0) is 45.9. The number of fused-ring (bicyclic) bond motifs is 15. The fourth-order valence-electron chi connectivity index (χ4n) is 12.4. The van der Waals surface area contributed by atoms with Crippen molar-refractivity contribution in [2.45, 2.75) is 5.41 Å². The molecule has 2 aromatic heterocycles. The van der Waals surface area contributed by atoms with Gasteiger partial charge in [-0.15, -0.1) is 11.3 Å². The molecule has 1 aliphatic heterocycles. The third-order valence-corrected chi connectivity index (χ3v) is 16.4. The summed E-state index contributed by atoms with van der Waals surface area (Å²) in [6.45, 7) is 0. The molecule has 11 aromatic carbocycles. The van der Waals surface area contributed by atoms with E-state index in [0.29, 0.717) is 0 Å². The summed E-state index contributed by atoms with van der Waals surface area (Å²) in [7, 11) is 0. The van der Waals surface area contributed by atoms with Crippen molar-refractivity contribution in [2.75, 3.05) is 4.90 Å². The van der Waals surface area contributed by atoms with Crippen molar-refractivity contribution in [2.24, 2.45) is 0 Å². The highest BCUT2D eigenvalue weighted by Gasteiger charge is 2.51. The second-order valence-electron chi connectivity index (χ2n) is 18.7. The van der Waals surface area contributed by atoms with Crippen molar-refractivity contribution in [3.63, 3.8) is 0 Å². The second-order valence-corrected chi connectivity index (χ2v) is 19.7. The fourth-order valence-corrected chi connectivity index (χ4v) is 13.6. The SMILES string of the molecule is c1ccc(-c2cccc(-c3ccccc3N(c3ccc(-c4cccc5c4sc4ccccc45)cc3)c3cccc4c3-c3ccccc3C43c4ccccc4-n4c5ccccc5c5cccc3c54)c2)cc1. The Hall–Kier alpha value is -8.76. The Morgan fingerprint density at radius 3 is 1.86 bits per heavy atom. The summed E-state index contributed by atoms with van der Waals surface area (Å²) in [6.07, 6.45) is 0. The molecule has 3 heterocycles. The first-order chi connectivity index (χ1) is 34.8. The van der Waals surface area contributed by atoms with Crippen molar-refractivity contribution < 1.29 is 0 Å². The molecule has 0 fully saturated rings. The molecule has 0 saturated carbocycles. The van der Waals surface area contributed by atoms with Gasteiger partial charge >= 0.3 is 0 Å². The molecule has 1 atom stereocenters. The highest BCUT2D eigenvalue weighted by Crippen LogP contribution is 2.63. The van der Waals surface area contributed by atoms with Gasteiger partial charge in [0.2, 0.25) is 0 Å². The van der Waals surface area contributed by atoms with E-state index in [-0.39, 0.29) is 0 Å². The predicted octanol–water partition coefficient (Wildman–Crippen LogP) is 18.3. The highest BCUT2D eigenvalue weighted by atomic mass is 32.1. The topological polar surface area (TPSA) is 8.17 Å². The molecule has 70 heavy (non-hydrogen) atoms. The molecule has 1 unspecified atom stereocenters. The van der Waals surface area contributed by atoms with Crippen molar-refractivity contribution in [3.8, 4) is 50.2 Å². The molecule has 2 aliphatic rings. The number of thiophene rings is 1. The summed E-state index contributed by atoms with van der Waals surface area (Å²) in [4.78, 5) is 2.54. The van der Waals surface area contributed by atoms with Gasteiger partial charge in [-0.2, -0.15) is 0 Å². The van der Waals surface area contributed by atoms with E-state index in [2.05, 4.69) is 264 Å². The van der Waals surface area contributed by atoms with Crippen molar-refractivity contribution in [3.05, 3.63) is 277 Å². The maximum atomic E-state index is 2.54. The average molecular weight is 907 g/mol. The summed E-state index contributed by atoms with van der Waals surface area (Å²) >= 11 is 1.88. The van der Waals surface area contributed by atoms with E-state index in [4.69, 9.17) is 0 Å².